The molecule has 1 aromatic rings. The summed E-state index contributed by atoms with van der Waals surface area (Å²) in [4.78, 5) is 26.7. The minimum atomic E-state index is -0.728. The van der Waals surface area contributed by atoms with Crippen LogP contribution in [0.25, 0.3) is 0 Å². The Balaban J connectivity index is 1.93. The first-order valence-corrected chi connectivity index (χ1v) is 6.37. The van der Waals surface area contributed by atoms with Crippen LogP contribution in [0.15, 0.2) is 18.3 Å². The Labute approximate surface area is 116 Å². The fourth-order valence-electron chi connectivity index (χ4n) is 1.71. The third kappa shape index (κ3) is 3.67. The molecule has 1 saturated heterocycles. The predicted octanol–water partition coefficient (Wildman–Crippen LogP) is -0.147. The van der Waals surface area contributed by atoms with Gasteiger partial charge in [0.05, 0.1) is 18.8 Å². The van der Waals surface area contributed by atoms with Crippen LogP contribution < -0.4 is 15.8 Å². The van der Waals surface area contributed by atoms with Gasteiger partial charge >= 0.3 is 0 Å². The lowest BCUT2D eigenvalue weighted by Gasteiger charge is -2.12. The molecule has 0 aromatic carbocycles. The van der Waals surface area contributed by atoms with Crippen LogP contribution in [-0.4, -0.2) is 42.2 Å². The van der Waals surface area contributed by atoms with Gasteiger partial charge in [-0.2, -0.15) is 0 Å². The van der Waals surface area contributed by atoms with Crippen LogP contribution in [0.4, 0.5) is 0 Å². The molecule has 3 N–H and O–H groups in total. The SMILES string of the molecule is CC(NC(=O)c1ccc(OC2CCOC2)nc1)C(N)=O. The Morgan fingerprint density at radius 3 is 2.90 bits per heavy atom. The molecule has 20 heavy (non-hydrogen) atoms. The summed E-state index contributed by atoms with van der Waals surface area (Å²) in [7, 11) is 0. The maximum atomic E-state index is 11.8. The zero-order valence-corrected chi connectivity index (χ0v) is 11.2. The zero-order chi connectivity index (χ0) is 14.5. The molecule has 0 saturated carbocycles. The highest BCUT2D eigenvalue weighted by atomic mass is 16.5. The number of pyridine rings is 1. The van der Waals surface area contributed by atoms with E-state index in [9.17, 15) is 9.59 Å². The number of nitrogens with two attached hydrogens (primary N) is 1. The first-order valence-electron chi connectivity index (χ1n) is 6.37. The first kappa shape index (κ1) is 14.3. The van der Waals surface area contributed by atoms with Gasteiger partial charge in [-0.1, -0.05) is 0 Å². The van der Waals surface area contributed by atoms with Gasteiger partial charge in [0.15, 0.2) is 0 Å². The highest BCUT2D eigenvalue weighted by molar-refractivity contribution is 5.96. The summed E-state index contributed by atoms with van der Waals surface area (Å²) in [5.74, 6) is -0.549. The number of carbonyl (C=O) groups excluding carboxylic acids is 2. The van der Waals surface area contributed by atoms with Crippen molar-refractivity contribution in [3.63, 3.8) is 0 Å². The van der Waals surface area contributed by atoms with Crippen LogP contribution in [0, 0.1) is 0 Å². The van der Waals surface area contributed by atoms with Crippen molar-refractivity contribution < 1.29 is 19.1 Å². The molecule has 1 fully saturated rings. The van der Waals surface area contributed by atoms with E-state index in [1.165, 1.54) is 13.1 Å². The van der Waals surface area contributed by atoms with Crippen molar-refractivity contribution in [2.75, 3.05) is 13.2 Å². The maximum absolute atomic E-state index is 11.8. The third-order valence-corrected chi connectivity index (χ3v) is 2.95. The van der Waals surface area contributed by atoms with E-state index in [0.717, 1.165) is 6.42 Å². The first-order chi connectivity index (χ1) is 9.56. The minimum Gasteiger partial charge on any atom is -0.472 e. The highest BCUT2D eigenvalue weighted by Gasteiger charge is 2.18. The van der Waals surface area contributed by atoms with Crippen molar-refractivity contribution >= 4 is 11.8 Å². The number of primary amides is 1. The quantitative estimate of drug-likeness (QED) is 0.780. The summed E-state index contributed by atoms with van der Waals surface area (Å²) in [6, 6.07) is 2.47. The molecule has 108 valence electrons. The second-order valence-electron chi connectivity index (χ2n) is 4.59. The van der Waals surface area contributed by atoms with Gasteiger partial charge in [-0.05, 0) is 13.0 Å². The molecule has 0 radical (unpaired) electrons. The van der Waals surface area contributed by atoms with Gasteiger partial charge in [0.2, 0.25) is 11.8 Å². The summed E-state index contributed by atoms with van der Waals surface area (Å²) < 4.78 is 10.8. The normalized spacial score (nSPS) is 19.4. The lowest BCUT2D eigenvalue weighted by molar-refractivity contribution is -0.119. The molecular weight excluding hydrogens is 262 g/mol. The standard InChI is InChI=1S/C13H17N3O4/c1-8(12(14)17)16-13(18)9-2-3-11(15-6-9)20-10-4-5-19-7-10/h2-3,6,8,10H,4-5,7H2,1H3,(H2,14,17)(H,16,18). The van der Waals surface area contributed by atoms with Crippen molar-refractivity contribution in [1.82, 2.24) is 10.3 Å². The Hall–Kier alpha value is -2.15. The molecule has 0 aliphatic carbocycles. The Morgan fingerprint density at radius 1 is 1.55 bits per heavy atom. The lowest BCUT2D eigenvalue weighted by atomic mass is 10.2. The Morgan fingerprint density at radius 2 is 2.35 bits per heavy atom. The molecule has 1 aliphatic rings. The van der Waals surface area contributed by atoms with E-state index in [2.05, 4.69) is 10.3 Å². The fourth-order valence-corrected chi connectivity index (χ4v) is 1.71. The van der Waals surface area contributed by atoms with Crippen LogP contribution in [0.3, 0.4) is 0 Å². The summed E-state index contributed by atoms with van der Waals surface area (Å²) in [5, 5.41) is 2.47. The Bertz CT molecular complexity index is 483. The van der Waals surface area contributed by atoms with Gasteiger partial charge in [0.25, 0.3) is 5.91 Å². The monoisotopic (exact) mass is 279 g/mol. The number of ether oxygens (including phenoxy) is 2. The molecule has 7 nitrogen and oxygen atoms in total. The number of hydrogen-bond acceptors (Lipinski definition) is 5. The zero-order valence-electron chi connectivity index (χ0n) is 11.2. The number of aromatic nitrogens is 1. The van der Waals surface area contributed by atoms with Crippen LogP contribution in [0.2, 0.25) is 0 Å². The molecule has 2 rings (SSSR count). The average molecular weight is 279 g/mol. The smallest absolute Gasteiger partial charge is 0.253 e. The largest absolute Gasteiger partial charge is 0.472 e. The number of nitrogens with zero attached hydrogens (tertiary/aromatic N) is 1. The fraction of sp³-hybridized carbons (Fsp3) is 0.462. The molecular formula is C13H17N3O4. The maximum Gasteiger partial charge on any atom is 0.253 e. The topological polar surface area (TPSA) is 104 Å². The highest BCUT2D eigenvalue weighted by Crippen LogP contribution is 2.14. The van der Waals surface area contributed by atoms with Crippen molar-refractivity contribution in [2.45, 2.75) is 25.5 Å². The van der Waals surface area contributed by atoms with Gasteiger partial charge in [-0.3, -0.25) is 9.59 Å². The van der Waals surface area contributed by atoms with E-state index in [0.29, 0.717) is 24.7 Å². The molecule has 0 bridgehead atoms. The average Bonchev–Trinajstić information content (AvgIpc) is 2.92. The van der Waals surface area contributed by atoms with Gasteiger partial charge in [-0.25, -0.2) is 4.98 Å². The van der Waals surface area contributed by atoms with Gasteiger partial charge in [-0.15, -0.1) is 0 Å². The number of carbonyl (C=O) groups is 2. The van der Waals surface area contributed by atoms with Crippen molar-refractivity contribution in [3.05, 3.63) is 23.9 Å². The van der Waals surface area contributed by atoms with Gasteiger partial charge in [0.1, 0.15) is 12.1 Å². The molecule has 0 spiro atoms. The van der Waals surface area contributed by atoms with E-state index in [1.807, 2.05) is 0 Å². The summed E-state index contributed by atoms with van der Waals surface area (Å²) >= 11 is 0. The van der Waals surface area contributed by atoms with Gasteiger partial charge in [0, 0.05) is 18.7 Å². The molecule has 7 heteroatoms. The molecule has 1 aromatic heterocycles. The van der Waals surface area contributed by atoms with Crippen LogP contribution >= 0.6 is 0 Å². The van der Waals surface area contributed by atoms with Crippen LogP contribution in [0.1, 0.15) is 23.7 Å². The molecule has 1 aliphatic heterocycles. The van der Waals surface area contributed by atoms with Crippen molar-refractivity contribution in [2.24, 2.45) is 5.73 Å². The van der Waals surface area contributed by atoms with Crippen molar-refractivity contribution in [3.8, 4) is 5.88 Å². The summed E-state index contributed by atoms with van der Waals surface area (Å²) in [5.41, 5.74) is 5.42. The summed E-state index contributed by atoms with van der Waals surface area (Å²) in [6.07, 6.45) is 2.24. The minimum absolute atomic E-state index is 0.0112. The van der Waals surface area contributed by atoms with Crippen LogP contribution in [0.5, 0.6) is 5.88 Å². The van der Waals surface area contributed by atoms with E-state index in [1.54, 1.807) is 12.1 Å². The van der Waals surface area contributed by atoms with Crippen molar-refractivity contribution in [1.29, 1.82) is 0 Å². The number of rotatable bonds is 5. The third-order valence-electron chi connectivity index (χ3n) is 2.95. The summed E-state index contributed by atoms with van der Waals surface area (Å²) in [6.45, 7) is 2.77. The van der Waals surface area contributed by atoms with E-state index in [-0.39, 0.29) is 6.10 Å². The number of hydrogen-bond donors (Lipinski definition) is 2. The Kier molecular flexibility index (Phi) is 4.52. The second-order valence-corrected chi connectivity index (χ2v) is 4.59. The second kappa shape index (κ2) is 6.33. The van der Waals surface area contributed by atoms with E-state index in [4.69, 9.17) is 15.2 Å². The van der Waals surface area contributed by atoms with E-state index >= 15 is 0 Å². The lowest BCUT2D eigenvalue weighted by Crippen LogP contribution is -2.42. The number of nitrogens with one attached hydrogen (secondary N) is 1. The van der Waals surface area contributed by atoms with Gasteiger partial charge < -0.3 is 20.5 Å². The molecule has 2 heterocycles. The molecule has 2 unspecified atom stereocenters. The molecule has 2 atom stereocenters. The predicted molar refractivity (Wildman–Crippen MR) is 70.2 cm³/mol. The van der Waals surface area contributed by atoms with E-state index < -0.39 is 17.9 Å². The molecule has 2 amide bonds. The van der Waals surface area contributed by atoms with Crippen LogP contribution in [-0.2, 0) is 9.53 Å². The number of amides is 2.